The van der Waals surface area contributed by atoms with E-state index < -0.39 is 53.1 Å². The first-order chi connectivity index (χ1) is 17.8. The van der Waals surface area contributed by atoms with Gasteiger partial charge in [0.1, 0.15) is 24.0 Å². The molecule has 0 aliphatic carbocycles. The molecule has 3 heterocycles. The molecule has 1 aromatic heterocycles. The minimum Gasteiger partial charge on any atom is -0.439 e. The average Bonchev–Trinajstić information content (AvgIpc) is 3.13. The Morgan fingerprint density at radius 2 is 1.71 bits per heavy atom. The van der Waals surface area contributed by atoms with Crippen LogP contribution in [0.1, 0.15) is 61.5 Å². The Morgan fingerprint density at radius 3 is 2.26 bits per heavy atom. The number of hydrogen-bond donors (Lipinski definition) is 0. The first-order valence-electron chi connectivity index (χ1n) is 12.1. The van der Waals surface area contributed by atoms with Crippen LogP contribution in [0.5, 0.6) is 0 Å². The molecule has 2 saturated heterocycles. The first-order valence-corrected chi connectivity index (χ1v) is 12.1. The molecule has 208 valence electrons. The molecule has 0 spiro atoms. The van der Waals surface area contributed by atoms with Gasteiger partial charge in [0.2, 0.25) is 0 Å². The molecule has 1 aromatic carbocycles. The van der Waals surface area contributed by atoms with Crippen molar-refractivity contribution in [1.82, 2.24) is 9.88 Å². The van der Waals surface area contributed by atoms with Crippen molar-refractivity contribution in [2.24, 2.45) is 0 Å². The van der Waals surface area contributed by atoms with Crippen LogP contribution in [0.4, 0.5) is 41.3 Å². The highest BCUT2D eigenvalue weighted by Gasteiger charge is 2.43. The number of cyclic esters (lactones) is 1. The molecule has 0 N–H and O–H groups in total. The fourth-order valence-electron chi connectivity index (χ4n) is 4.79. The maximum absolute atomic E-state index is 14.2. The third-order valence-corrected chi connectivity index (χ3v) is 6.70. The lowest BCUT2D eigenvalue weighted by Crippen LogP contribution is -2.41. The van der Waals surface area contributed by atoms with Crippen molar-refractivity contribution < 1.29 is 45.0 Å². The molecular weight excluding hydrogens is 523 g/mol. The van der Waals surface area contributed by atoms with Crippen molar-refractivity contribution in [3.8, 4) is 0 Å². The van der Waals surface area contributed by atoms with Crippen LogP contribution in [0.3, 0.4) is 0 Å². The molecule has 0 saturated carbocycles. The molecule has 2 aliphatic rings. The van der Waals surface area contributed by atoms with Crippen LogP contribution in [0.25, 0.3) is 0 Å². The Bertz CT molecular complexity index is 1130. The maximum atomic E-state index is 14.2. The number of amides is 1. The Labute approximate surface area is 214 Å². The Hall–Kier alpha value is -3.09. The number of anilines is 1. The second-order valence-corrected chi connectivity index (χ2v) is 9.26. The number of pyridine rings is 1. The normalized spacial score (nSPS) is 22.5. The zero-order valence-corrected chi connectivity index (χ0v) is 20.6. The van der Waals surface area contributed by atoms with Crippen LogP contribution in [-0.4, -0.2) is 41.4 Å². The van der Waals surface area contributed by atoms with Gasteiger partial charge in [0, 0.05) is 18.7 Å². The number of alkyl halides is 6. The SMILES string of the molecule is CCN(c1ncc(F)cc1CN1C(=O)O[C@H](c2cc(C(F)(F)F)cc(C(F)(F)F)c2)[C@@H]1C)C1CCCCO1. The van der Waals surface area contributed by atoms with E-state index in [2.05, 4.69) is 4.98 Å². The van der Waals surface area contributed by atoms with Gasteiger partial charge in [-0.2, -0.15) is 26.3 Å². The number of carbonyl (C=O) groups is 1. The lowest BCUT2D eigenvalue weighted by Gasteiger charge is -2.35. The standard InChI is InChI=1S/C25H26F7N3O3/c1-3-34(20-6-4-5-7-37-20)22-16(10-19(26)12-33-22)13-35-14(2)21(38-23(35)36)15-8-17(24(27,28)29)11-18(9-15)25(30,31)32/h8-12,14,20-21H,3-7,13H2,1-2H3/t14-,20?,21-/m0/s1. The summed E-state index contributed by atoms with van der Waals surface area (Å²) in [6, 6.07) is 1.32. The summed E-state index contributed by atoms with van der Waals surface area (Å²) < 4.78 is 105. The molecular formula is C25H26F7N3O3. The molecule has 2 aromatic rings. The van der Waals surface area contributed by atoms with Gasteiger partial charge in [-0.15, -0.1) is 0 Å². The van der Waals surface area contributed by atoms with Crippen LogP contribution in [0.2, 0.25) is 0 Å². The van der Waals surface area contributed by atoms with Gasteiger partial charge in [-0.1, -0.05) is 0 Å². The zero-order valence-electron chi connectivity index (χ0n) is 20.6. The van der Waals surface area contributed by atoms with Crippen molar-refractivity contribution in [2.75, 3.05) is 18.1 Å². The van der Waals surface area contributed by atoms with Crippen molar-refractivity contribution in [2.45, 2.75) is 70.4 Å². The molecule has 1 unspecified atom stereocenters. The molecule has 0 bridgehead atoms. The van der Waals surface area contributed by atoms with Gasteiger partial charge in [-0.3, -0.25) is 4.90 Å². The Morgan fingerprint density at radius 1 is 1.05 bits per heavy atom. The molecule has 3 atom stereocenters. The van der Waals surface area contributed by atoms with Gasteiger partial charge in [0.25, 0.3) is 0 Å². The fourth-order valence-corrected chi connectivity index (χ4v) is 4.79. The first kappa shape index (κ1) is 27.9. The monoisotopic (exact) mass is 549 g/mol. The molecule has 1 amide bonds. The minimum absolute atomic E-state index is 0.0140. The highest BCUT2D eigenvalue weighted by atomic mass is 19.4. The summed E-state index contributed by atoms with van der Waals surface area (Å²) in [6.45, 7) is 4.08. The van der Waals surface area contributed by atoms with Crippen molar-refractivity contribution in [3.05, 3.63) is 58.5 Å². The predicted molar refractivity (Wildman–Crippen MR) is 121 cm³/mol. The summed E-state index contributed by atoms with van der Waals surface area (Å²) >= 11 is 0. The van der Waals surface area contributed by atoms with Gasteiger partial charge in [-0.05, 0) is 62.9 Å². The molecule has 0 radical (unpaired) electrons. The van der Waals surface area contributed by atoms with E-state index in [1.54, 1.807) is 0 Å². The van der Waals surface area contributed by atoms with E-state index in [0.29, 0.717) is 43.1 Å². The molecule has 38 heavy (non-hydrogen) atoms. The van der Waals surface area contributed by atoms with Crippen molar-refractivity contribution >= 4 is 11.9 Å². The number of rotatable bonds is 6. The summed E-state index contributed by atoms with van der Waals surface area (Å²) in [7, 11) is 0. The lowest BCUT2D eigenvalue weighted by molar-refractivity contribution is -0.143. The highest BCUT2D eigenvalue weighted by Crippen LogP contribution is 2.41. The van der Waals surface area contributed by atoms with E-state index in [4.69, 9.17) is 9.47 Å². The zero-order chi connectivity index (χ0) is 27.8. The number of carbonyl (C=O) groups excluding carboxylic acids is 1. The van der Waals surface area contributed by atoms with E-state index in [1.165, 1.54) is 13.0 Å². The van der Waals surface area contributed by atoms with Crippen molar-refractivity contribution in [3.63, 3.8) is 0 Å². The molecule has 4 rings (SSSR count). The molecule has 2 aliphatic heterocycles. The maximum Gasteiger partial charge on any atom is 0.416 e. The number of ether oxygens (including phenoxy) is 2. The van der Waals surface area contributed by atoms with E-state index in [9.17, 15) is 35.5 Å². The summed E-state index contributed by atoms with van der Waals surface area (Å²) in [4.78, 5) is 20.0. The quantitative estimate of drug-likeness (QED) is 0.376. The van der Waals surface area contributed by atoms with Gasteiger partial charge >= 0.3 is 18.4 Å². The van der Waals surface area contributed by atoms with Crippen LogP contribution < -0.4 is 4.90 Å². The lowest BCUT2D eigenvalue weighted by atomic mass is 9.97. The average molecular weight is 549 g/mol. The van der Waals surface area contributed by atoms with Gasteiger partial charge in [-0.25, -0.2) is 14.2 Å². The van der Waals surface area contributed by atoms with Gasteiger partial charge in [0.15, 0.2) is 0 Å². The van der Waals surface area contributed by atoms with E-state index >= 15 is 0 Å². The van der Waals surface area contributed by atoms with Crippen LogP contribution in [0, 0.1) is 5.82 Å². The van der Waals surface area contributed by atoms with Crippen LogP contribution in [-0.2, 0) is 28.4 Å². The minimum atomic E-state index is -5.05. The van der Waals surface area contributed by atoms with Crippen LogP contribution >= 0.6 is 0 Å². The number of halogens is 7. The second-order valence-electron chi connectivity index (χ2n) is 9.26. The van der Waals surface area contributed by atoms with E-state index in [0.717, 1.165) is 23.9 Å². The number of aromatic nitrogens is 1. The number of hydrogen-bond acceptors (Lipinski definition) is 5. The third kappa shape index (κ3) is 5.82. The molecule has 13 heteroatoms. The predicted octanol–water partition coefficient (Wildman–Crippen LogP) is 6.69. The molecule has 6 nitrogen and oxygen atoms in total. The van der Waals surface area contributed by atoms with E-state index in [1.807, 2.05) is 11.8 Å². The summed E-state index contributed by atoms with van der Waals surface area (Å²) in [5.41, 5.74) is -3.16. The Kier molecular flexibility index (Phi) is 7.78. The summed E-state index contributed by atoms with van der Waals surface area (Å²) in [5.74, 6) is -0.309. The van der Waals surface area contributed by atoms with E-state index in [-0.39, 0.29) is 18.8 Å². The Balaban J connectivity index is 1.65. The number of nitrogens with zero attached hydrogens (tertiary/aromatic N) is 3. The van der Waals surface area contributed by atoms with Crippen molar-refractivity contribution in [1.29, 1.82) is 0 Å². The summed E-state index contributed by atoms with van der Waals surface area (Å²) in [5, 5.41) is 0. The highest BCUT2D eigenvalue weighted by molar-refractivity contribution is 5.71. The smallest absolute Gasteiger partial charge is 0.416 e. The van der Waals surface area contributed by atoms with Crippen LogP contribution in [0.15, 0.2) is 30.5 Å². The molecule has 2 fully saturated rings. The third-order valence-electron chi connectivity index (χ3n) is 6.70. The summed E-state index contributed by atoms with van der Waals surface area (Å²) in [6.07, 6.45) is -9.21. The van der Waals surface area contributed by atoms with Gasteiger partial charge < -0.3 is 14.4 Å². The second kappa shape index (κ2) is 10.6. The topological polar surface area (TPSA) is 54.9 Å². The largest absolute Gasteiger partial charge is 0.439 e. The number of benzene rings is 1. The fraction of sp³-hybridized carbons (Fsp3) is 0.520. The van der Waals surface area contributed by atoms with Gasteiger partial charge in [0.05, 0.1) is 29.9 Å².